The summed E-state index contributed by atoms with van der Waals surface area (Å²) in [6.07, 6.45) is 1.82. The smallest absolute Gasteiger partial charge is 0.254 e. The molecule has 0 unspecified atom stereocenters. The van der Waals surface area contributed by atoms with Gasteiger partial charge in [-0.25, -0.2) is 0 Å². The van der Waals surface area contributed by atoms with Gasteiger partial charge in [-0.3, -0.25) is 15.1 Å². The van der Waals surface area contributed by atoms with Crippen LogP contribution in [0.25, 0.3) is 0 Å². The molecule has 3 N–H and O–H groups in total. The number of benzene rings is 1. The van der Waals surface area contributed by atoms with Gasteiger partial charge < -0.3 is 5.73 Å². The number of anilines is 1. The highest BCUT2D eigenvalue weighted by molar-refractivity contribution is 6.10. The Morgan fingerprint density at radius 3 is 2.42 bits per heavy atom. The number of hydrogen-bond acceptors (Lipinski definition) is 3. The van der Waals surface area contributed by atoms with E-state index in [9.17, 15) is 4.79 Å². The summed E-state index contributed by atoms with van der Waals surface area (Å²) >= 11 is 0. The summed E-state index contributed by atoms with van der Waals surface area (Å²) in [5.41, 5.74) is 7.39. The molecular weight excluding hydrogens is 238 g/mol. The predicted molar refractivity (Wildman–Crippen MR) is 79.1 cm³/mol. The van der Waals surface area contributed by atoms with Crippen LogP contribution in [0, 0.1) is 5.41 Å². The van der Waals surface area contributed by atoms with E-state index in [4.69, 9.17) is 11.1 Å². The van der Waals surface area contributed by atoms with E-state index in [2.05, 4.69) is 13.5 Å². The standard InChI is InChI=1S/C15H21N3O/c1-4-5-10-18(15(19)11(2)3)14(17)12-6-8-13(16)9-7-12/h6-9,17H,2,4-5,10,16H2,1,3H3. The average molecular weight is 259 g/mol. The molecule has 0 atom stereocenters. The maximum atomic E-state index is 12.1. The lowest BCUT2D eigenvalue weighted by molar-refractivity contribution is -0.123. The van der Waals surface area contributed by atoms with E-state index >= 15 is 0 Å². The Morgan fingerprint density at radius 2 is 1.95 bits per heavy atom. The molecule has 4 heteroatoms. The molecule has 0 aliphatic carbocycles. The fraction of sp³-hybridized carbons (Fsp3) is 0.333. The van der Waals surface area contributed by atoms with Gasteiger partial charge >= 0.3 is 0 Å². The van der Waals surface area contributed by atoms with Crippen molar-refractivity contribution in [2.45, 2.75) is 26.7 Å². The monoisotopic (exact) mass is 259 g/mol. The number of amidine groups is 1. The second kappa shape index (κ2) is 6.73. The van der Waals surface area contributed by atoms with Crippen molar-refractivity contribution in [1.29, 1.82) is 5.41 Å². The van der Waals surface area contributed by atoms with Crippen LogP contribution in [0.4, 0.5) is 5.69 Å². The molecule has 1 rings (SSSR count). The van der Waals surface area contributed by atoms with Crippen LogP contribution >= 0.6 is 0 Å². The number of nitrogens with one attached hydrogen (secondary N) is 1. The van der Waals surface area contributed by atoms with Crippen LogP contribution in [0.3, 0.4) is 0 Å². The third-order valence-electron chi connectivity index (χ3n) is 2.80. The van der Waals surface area contributed by atoms with Gasteiger partial charge in [0.25, 0.3) is 5.91 Å². The fourth-order valence-corrected chi connectivity index (χ4v) is 1.66. The second-order valence-electron chi connectivity index (χ2n) is 4.56. The van der Waals surface area contributed by atoms with Gasteiger partial charge in [-0.2, -0.15) is 0 Å². The minimum absolute atomic E-state index is 0.196. The quantitative estimate of drug-likeness (QED) is 0.369. The van der Waals surface area contributed by atoms with E-state index in [0.29, 0.717) is 23.4 Å². The SMILES string of the molecule is C=C(C)C(=O)N(CCCC)C(=N)c1ccc(N)cc1. The molecule has 0 saturated carbocycles. The zero-order chi connectivity index (χ0) is 14.4. The van der Waals surface area contributed by atoms with Crippen LogP contribution in [-0.2, 0) is 4.79 Å². The molecule has 0 radical (unpaired) electrons. The maximum Gasteiger partial charge on any atom is 0.254 e. The van der Waals surface area contributed by atoms with Crippen LogP contribution in [0.15, 0.2) is 36.4 Å². The molecular formula is C15H21N3O. The first kappa shape index (κ1) is 15.0. The van der Waals surface area contributed by atoms with Crippen molar-refractivity contribution in [2.24, 2.45) is 0 Å². The number of amides is 1. The Kier molecular flexibility index (Phi) is 5.30. The molecule has 19 heavy (non-hydrogen) atoms. The highest BCUT2D eigenvalue weighted by Gasteiger charge is 2.19. The molecule has 0 aliphatic rings. The fourth-order valence-electron chi connectivity index (χ4n) is 1.66. The van der Waals surface area contributed by atoms with Crippen molar-refractivity contribution >= 4 is 17.4 Å². The zero-order valence-electron chi connectivity index (χ0n) is 11.6. The van der Waals surface area contributed by atoms with Gasteiger partial charge in [0.2, 0.25) is 0 Å². The summed E-state index contributed by atoms with van der Waals surface area (Å²) in [4.78, 5) is 13.6. The first-order chi connectivity index (χ1) is 8.97. The molecule has 0 fully saturated rings. The minimum atomic E-state index is -0.199. The van der Waals surface area contributed by atoms with Gasteiger partial charge in [0, 0.05) is 23.4 Å². The lowest BCUT2D eigenvalue weighted by Crippen LogP contribution is -2.38. The summed E-state index contributed by atoms with van der Waals surface area (Å²) < 4.78 is 0. The van der Waals surface area contributed by atoms with E-state index in [1.807, 2.05) is 0 Å². The third-order valence-corrected chi connectivity index (χ3v) is 2.80. The Balaban J connectivity index is 2.96. The Hall–Kier alpha value is -2.10. The number of carbonyl (C=O) groups is 1. The highest BCUT2D eigenvalue weighted by Crippen LogP contribution is 2.11. The van der Waals surface area contributed by atoms with E-state index in [1.54, 1.807) is 31.2 Å². The molecule has 0 aliphatic heterocycles. The van der Waals surface area contributed by atoms with Crippen LogP contribution in [-0.4, -0.2) is 23.2 Å². The summed E-state index contributed by atoms with van der Waals surface area (Å²) in [7, 11) is 0. The normalized spacial score (nSPS) is 10.0. The topological polar surface area (TPSA) is 70.2 Å². The van der Waals surface area contributed by atoms with Crippen LogP contribution in [0.2, 0.25) is 0 Å². The van der Waals surface area contributed by atoms with E-state index in [-0.39, 0.29) is 11.7 Å². The van der Waals surface area contributed by atoms with Gasteiger partial charge in [-0.15, -0.1) is 0 Å². The van der Waals surface area contributed by atoms with E-state index < -0.39 is 0 Å². The summed E-state index contributed by atoms with van der Waals surface area (Å²) in [6.45, 7) is 7.92. The predicted octanol–water partition coefficient (Wildman–Crippen LogP) is 2.80. The molecule has 1 aromatic carbocycles. The van der Waals surface area contributed by atoms with Gasteiger partial charge in [0.05, 0.1) is 0 Å². The highest BCUT2D eigenvalue weighted by atomic mass is 16.2. The van der Waals surface area contributed by atoms with Crippen molar-refractivity contribution in [3.63, 3.8) is 0 Å². The average Bonchev–Trinajstić information content (AvgIpc) is 2.39. The molecule has 0 heterocycles. The lowest BCUT2D eigenvalue weighted by atomic mass is 10.1. The van der Waals surface area contributed by atoms with Crippen molar-refractivity contribution < 1.29 is 4.79 Å². The molecule has 0 saturated heterocycles. The minimum Gasteiger partial charge on any atom is -0.399 e. The third kappa shape index (κ3) is 3.95. The molecule has 0 bridgehead atoms. The number of nitrogen functional groups attached to an aromatic ring is 1. The first-order valence-corrected chi connectivity index (χ1v) is 6.39. The largest absolute Gasteiger partial charge is 0.399 e. The van der Waals surface area contributed by atoms with Crippen LogP contribution in [0.1, 0.15) is 32.3 Å². The molecule has 0 spiro atoms. The van der Waals surface area contributed by atoms with Gasteiger partial charge in [-0.1, -0.05) is 19.9 Å². The molecule has 102 valence electrons. The van der Waals surface area contributed by atoms with Gasteiger partial charge in [-0.05, 0) is 37.6 Å². The van der Waals surface area contributed by atoms with Crippen molar-refractivity contribution in [3.8, 4) is 0 Å². The zero-order valence-corrected chi connectivity index (χ0v) is 11.6. The van der Waals surface area contributed by atoms with Crippen LogP contribution in [0.5, 0.6) is 0 Å². The number of carbonyl (C=O) groups excluding carboxylic acids is 1. The molecule has 4 nitrogen and oxygen atoms in total. The van der Waals surface area contributed by atoms with Crippen molar-refractivity contribution in [2.75, 3.05) is 12.3 Å². The maximum absolute atomic E-state index is 12.1. The van der Waals surface area contributed by atoms with Crippen LogP contribution < -0.4 is 5.73 Å². The van der Waals surface area contributed by atoms with Gasteiger partial charge in [0.15, 0.2) is 0 Å². The second-order valence-corrected chi connectivity index (χ2v) is 4.56. The molecule has 1 amide bonds. The lowest BCUT2D eigenvalue weighted by Gasteiger charge is -2.23. The number of unbranched alkanes of at least 4 members (excludes halogenated alkanes) is 1. The van der Waals surface area contributed by atoms with E-state index in [1.165, 1.54) is 4.90 Å². The number of nitrogens with two attached hydrogens (primary N) is 1. The first-order valence-electron chi connectivity index (χ1n) is 6.39. The summed E-state index contributed by atoms with van der Waals surface area (Å²) in [5, 5.41) is 8.18. The van der Waals surface area contributed by atoms with Gasteiger partial charge in [0.1, 0.15) is 5.84 Å². The number of rotatable bonds is 5. The van der Waals surface area contributed by atoms with E-state index in [0.717, 1.165) is 12.8 Å². The summed E-state index contributed by atoms with van der Waals surface area (Å²) in [6, 6.07) is 6.96. The summed E-state index contributed by atoms with van der Waals surface area (Å²) in [5.74, 6) is -0.00303. The molecule has 0 aromatic heterocycles. The Morgan fingerprint density at radius 1 is 1.37 bits per heavy atom. The Bertz CT molecular complexity index is 477. The Labute approximate surface area is 114 Å². The number of hydrogen-bond donors (Lipinski definition) is 2. The van der Waals surface area contributed by atoms with Crippen molar-refractivity contribution in [3.05, 3.63) is 42.0 Å². The van der Waals surface area contributed by atoms with Crippen molar-refractivity contribution in [1.82, 2.24) is 4.90 Å². The number of nitrogens with zero attached hydrogens (tertiary/aromatic N) is 1. The molecule has 1 aromatic rings.